The van der Waals surface area contributed by atoms with Gasteiger partial charge in [0, 0.05) is 30.9 Å². The third-order valence-electron chi connectivity index (χ3n) is 3.51. The van der Waals surface area contributed by atoms with Crippen LogP contribution in [0.25, 0.3) is 0 Å². The SMILES string of the molecule is O=C(COc1ccccc1F)N[C@@H]1CCn2nccc2C1. The highest BCUT2D eigenvalue weighted by Gasteiger charge is 2.20. The normalized spacial score (nSPS) is 17.1. The summed E-state index contributed by atoms with van der Waals surface area (Å²) in [4.78, 5) is 11.9. The van der Waals surface area contributed by atoms with E-state index in [0.29, 0.717) is 0 Å². The van der Waals surface area contributed by atoms with E-state index in [-0.39, 0.29) is 24.3 Å². The molecule has 2 heterocycles. The third-order valence-corrected chi connectivity index (χ3v) is 3.51. The number of para-hydroxylation sites is 1. The molecule has 1 atom stereocenters. The van der Waals surface area contributed by atoms with Gasteiger partial charge in [-0.15, -0.1) is 0 Å². The molecule has 0 saturated heterocycles. The molecule has 1 N–H and O–H groups in total. The van der Waals surface area contributed by atoms with Crippen molar-refractivity contribution in [3.05, 3.63) is 48.0 Å². The van der Waals surface area contributed by atoms with E-state index in [2.05, 4.69) is 10.4 Å². The molecule has 6 heteroatoms. The van der Waals surface area contributed by atoms with E-state index in [0.717, 1.165) is 25.1 Å². The molecule has 2 aromatic rings. The van der Waals surface area contributed by atoms with Crippen molar-refractivity contribution in [2.45, 2.75) is 25.4 Å². The number of amides is 1. The van der Waals surface area contributed by atoms with Gasteiger partial charge in [-0.3, -0.25) is 9.48 Å². The lowest BCUT2D eigenvalue weighted by molar-refractivity contribution is -0.124. The van der Waals surface area contributed by atoms with Crippen LogP contribution < -0.4 is 10.1 Å². The van der Waals surface area contributed by atoms with E-state index in [4.69, 9.17) is 4.74 Å². The van der Waals surface area contributed by atoms with Gasteiger partial charge in [-0.2, -0.15) is 5.10 Å². The fraction of sp³-hybridized carbons (Fsp3) is 0.333. The third kappa shape index (κ3) is 3.21. The molecule has 110 valence electrons. The molecule has 1 aliphatic heterocycles. The summed E-state index contributed by atoms with van der Waals surface area (Å²) in [6.07, 6.45) is 3.35. The molecule has 21 heavy (non-hydrogen) atoms. The Bertz CT molecular complexity index is 641. The molecular formula is C15H16FN3O2. The molecule has 1 aromatic carbocycles. The van der Waals surface area contributed by atoms with Gasteiger partial charge >= 0.3 is 0 Å². The van der Waals surface area contributed by atoms with Crippen LogP contribution in [0.4, 0.5) is 4.39 Å². The van der Waals surface area contributed by atoms with Crippen molar-refractivity contribution < 1.29 is 13.9 Å². The van der Waals surface area contributed by atoms with E-state index in [1.165, 1.54) is 12.1 Å². The second kappa shape index (κ2) is 5.95. The lowest BCUT2D eigenvalue weighted by Crippen LogP contribution is -2.42. The average molecular weight is 289 g/mol. The number of nitrogens with zero attached hydrogens (tertiary/aromatic N) is 2. The van der Waals surface area contributed by atoms with E-state index in [1.807, 2.05) is 10.7 Å². The molecule has 0 radical (unpaired) electrons. The van der Waals surface area contributed by atoms with Gasteiger partial charge in [-0.1, -0.05) is 12.1 Å². The van der Waals surface area contributed by atoms with Gasteiger partial charge in [-0.25, -0.2) is 4.39 Å². The van der Waals surface area contributed by atoms with Crippen molar-refractivity contribution in [2.24, 2.45) is 0 Å². The quantitative estimate of drug-likeness (QED) is 0.928. The van der Waals surface area contributed by atoms with Crippen LogP contribution in [0.1, 0.15) is 12.1 Å². The topological polar surface area (TPSA) is 56.1 Å². The number of hydrogen-bond acceptors (Lipinski definition) is 3. The second-order valence-electron chi connectivity index (χ2n) is 5.02. The fourth-order valence-electron chi connectivity index (χ4n) is 2.47. The van der Waals surface area contributed by atoms with Crippen molar-refractivity contribution in [3.63, 3.8) is 0 Å². The molecule has 3 rings (SSSR count). The molecule has 0 saturated carbocycles. The highest BCUT2D eigenvalue weighted by molar-refractivity contribution is 5.77. The summed E-state index contributed by atoms with van der Waals surface area (Å²) in [6, 6.07) is 8.07. The van der Waals surface area contributed by atoms with Crippen molar-refractivity contribution in [1.82, 2.24) is 15.1 Å². The van der Waals surface area contributed by atoms with Crippen LogP contribution >= 0.6 is 0 Å². The predicted octanol–water partition coefficient (Wildman–Crippen LogP) is 1.53. The number of hydrogen-bond donors (Lipinski definition) is 1. The maximum Gasteiger partial charge on any atom is 0.258 e. The van der Waals surface area contributed by atoms with E-state index >= 15 is 0 Å². The molecule has 5 nitrogen and oxygen atoms in total. The Morgan fingerprint density at radius 2 is 2.29 bits per heavy atom. The monoisotopic (exact) mass is 289 g/mol. The summed E-state index contributed by atoms with van der Waals surface area (Å²) >= 11 is 0. The zero-order chi connectivity index (χ0) is 14.7. The van der Waals surface area contributed by atoms with Crippen LogP contribution in [0.3, 0.4) is 0 Å². The lowest BCUT2D eigenvalue weighted by Gasteiger charge is -2.24. The van der Waals surface area contributed by atoms with Crippen LogP contribution in [0.15, 0.2) is 36.5 Å². The number of carbonyl (C=O) groups excluding carboxylic acids is 1. The molecule has 1 amide bonds. The summed E-state index contributed by atoms with van der Waals surface area (Å²) < 4.78 is 20.5. The summed E-state index contributed by atoms with van der Waals surface area (Å²) in [5.74, 6) is -0.613. The number of carbonyl (C=O) groups is 1. The first kappa shape index (κ1) is 13.6. The van der Waals surface area contributed by atoms with Gasteiger partial charge in [0.05, 0.1) is 0 Å². The minimum atomic E-state index is -0.466. The number of benzene rings is 1. The smallest absolute Gasteiger partial charge is 0.258 e. The van der Waals surface area contributed by atoms with Gasteiger partial charge < -0.3 is 10.1 Å². The molecule has 0 spiro atoms. The van der Waals surface area contributed by atoms with E-state index in [1.54, 1.807) is 18.3 Å². The number of nitrogens with one attached hydrogen (secondary N) is 1. The van der Waals surface area contributed by atoms with Crippen LogP contribution in [0.2, 0.25) is 0 Å². The summed E-state index contributed by atoms with van der Waals surface area (Å²) in [6.45, 7) is 0.609. The summed E-state index contributed by atoms with van der Waals surface area (Å²) in [5, 5.41) is 7.11. The number of halogens is 1. The summed E-state index contributed by atoms with van der Waals surface area (Å²) in [7, 11) is 0. The molecule has 0 unspecified atom stereocenters. The number of fused-ring (bicyclic) bond motifs is 1. The minimum Gasteiger partial charge on any atom is -0.481 e. The van der Waals surface area contributed by atoms with Crippen molar-refractivity contribution in [3.8, 4) is 5.75 Å². The molecule has 0 fully saturated rings. The van der Waals surface area contributed by atoms with Crippen LogP contribution in [0, 0.1) is 5.82 Å². The Balaban J connectivity index is 1.50. The predicted molar refractivity (Wildman–Crippen MR) is 74.4 cm³/mol. The largest absolute Gasteiger partial charge is 0.481 e. The van der Waals surface area contributed by atoms with Crippen LogP contribution in [-0.4, -0.2) is 28.3 Å². The lowest BCUT2D eigenvalue weighted by atomic mass is 10.0. The molecule has 1 aliphatic rings. The first-order valence-corrected chi connectivity index (χ1v) is 6.90. The first-order valence-electron chi connectivity index (χ1n) is 6.90. The van der Waals surface area contributed by atoms with Crippen molar-refractivity contribution in [2.75, 3.05) is 6.61 Å². The fourth-order valence-corrected chi connectivity index (χ4v) is 2.47. The Morgan fingerprint density at radius 1 is 1.43 bits per heavy atom. The van der Waals surface area contributed by atoms with Gasteiger partial charge in [0.25, 0.3) is 5.91 Å². The standard InChI is InChI=1S/C15H16FN3O2/c16-13-3-1-2-4-14(13)21-10-15(20)18-11-6-8-19-12(9-11)5-7-17-19/h1-5,7,11H,6,8-10H2,(H,18,20)/t11-/m1/s1. The summed E-state index contributed by atoms with van der Waals surface area (Å²) in [5.41, 5.74) is 1.11. The Hall–Kier alpha value is -2.37. The Labute approximate surface area is 121 Å². The Kier molecular flexibility index (Phi) is 3.85. The Morgan fingerprint density at radius 3 is 3.14 bits per heavy atom. The second-order valence-corrected chi connectivity index (χ2v) is 5.02. The highest BCUT2D eigenvalue weighted by atomic mass is 19.1. The highest BCUT2D eigenvalue weighted by Crippen LogP contribution is 2.16. The number of rotatable bonds is 4. The number of aromatic nitrogens is 2. The van der Waals surface area contributed by atoms with Crippen LogP contribution in [-0.2, 0) is 17.8 Å². The van der Waals surface area contributed by atoms with Gasteiger partial charge in [0.1, 0.15) is 0 Å². The van der Waals surface area contributed by atoms with Gasteiger partial charge in [0.2, 0.25) is 0 Å². The zero-order valence-corrected chi connectivity index (χ0v) is 11.5. The van der Waals surface area contributed by atoms with E-state index < -0.39 is 5.82 Å². The van der Waals surface area contributed by atoms with Gasteiger partial charge in [0.15, 0.2) is 18.2 Å². The maximum atomic E-state index is 13.4. The van der Waals surface area contributed by atoms with Crippen LogP contribution in [0.5, 0.6) is 5.75 Å². The zero-order valence-electron chi connectivity index (χ0n) is 11.5. The number of aryl methyl sites for hydroxylation is 1. The van der Waals surface area contributed by atoms with Crippen molar-refractivity contribution >= 4 is 5.91 Å². The number of ether oxygens (including phenoxy) is 1. The molecular weight excluding hydrogens is 273 g/mol. The van der Waals surface area contributed by atoms with Gasteiger partial charge in [-0.05, 0) is 24.6 Å². The van der Waals surface area contributed by atoms with E-state index in [9.17, 15) is 9.18 Å². The molecule has 0 bridgehead atoms. The average Bonchev–Trinajstić information content (AvgIpc) is 2.94. The minimum absolute atomic E-state index is 0.0749. The maximum absolute atomic E-state index is 13.4. The van der Waals surface area contributed by atoms with Crippen molar-refractivity contribution in [1.29, 1.82) is 0 Å². The molecule has 1 aromatic heterocycles. The molecule has 0 aliphatic carbocycles. The first-order chi connectivity index (χ1) is 10.2.